The molecule has 0 radical (unpaired) electrons. The Bertz CT molecular complexity index is 1410. The molecular formula is C73H132O6. The molecule has 6 nitrogen and oxygen atoms in total. The number of unbranched alkanes of at least 4 members (excludes halogenated alkanes) is 43. The van der Waals surface area contributed by atoms with Gasteiger partial charge in [0.05, 0.1) is 0 Å². The molecule has 6 heteroatoms. The predicted octanol–water partition coefficient (Wildman–Crippen LogP) is 23.9. The van der Waals surface area contributed by atoms with Gasteiger partial charge in [0.25, 0.3) is 0 Å². The minimum atomic E-state index is -0.789. The number of hydrogen-bond donors (Lipinski definition) is 0. The van der Waals surface area contributed by atoms with Gasteiger partial charge in [0.15, 0.2) is 6.10 Å². The molecule has 0 heterocycles. The summed E-state index contributed by atoms with van der Waals surface area (Å²) in [5.41, 5.74) is 0. The minimum absolute atomic E-state index is 0.0835. The van der Waals surface area contributed by atoms with Gasteiger partial charge in [0.1, 0.15) is 13.2 Å². The molecule has 0 aliphatic rings. The van der Waals surface area contributed by atoms with Crippen molar-refractivity contribution in [3.8, 4) is 0 Å². The second-order valence-electron chi connectivity index (χ2n) is 23.4. The van der Waals surface area contributed by atoms with E-state index in [9.17, 15) is 14.4 Å². The van der Waals surface area contributed by atoms with Crippen LogP contribution in [0.5, 0.6) is 0 Å². The minimum Gasteiger partial charge on any atom is -0.462 e. The van der Waals surface area contributed by atoms with E-state index >= 15 is 0 Å². The summed E-state index contributed by atoms with van der Waals surface area (Å²) in [4.78, 5) is 38.2. The first-order valence-electron chi connectivity index (χ1n) is 34.8. The number of carbonyl (C=O) groups is 3. The number of carbonyl (C=O) groups excluding carboxylic acids is 3. The number of hydrogen-bond acceptors (Lipinski definition) is 6. The van der Waals surface area contributed by atoms with E-state index in [0.29, 0.717) is 19.3 Å². The SMILES string of the molecule is CC/C=C\C/C=C\C/C=C\C/C=C\C/C=C\CCCCCC(=O)OC(COC(=O)CCCCCCCCCCCC)COC(=O)CCCCCCCCCCCCCCCCCCCCCCCCCCCCCCCCCC. The number of rotatable bonds is 64. The molecule has 460 valence electrons. The van der Waals surface area contributed by atoms with Crippen molar-refractivity contribution in [1.29, 1.82) is 0 Å². The Morgan fingerprint density at radius 1 is 0.266 bits per heavy atom. The summed E-state index contributed by atoms with van der Waals surface area (Å²) in [7, 11) is 0. The number of allylic oxidation sites excluding steroid dienone is 10. The summed E-state index contributed by atoms with van der Waals surface area (Å²) in [5.74, 6) is -0.898. The highest BCUT2D eigenvalue weighted by atomic mass is 16.6. The van der Waals surface area contributed by atoms with E-state index in [2.05, 4.69) is 81.5 Å². The van der Waals surface area contributed by atoms with Crippen molar-refractivity contribution in [1.82, 2.24) is 0 Å². The van der Waals surface area contributed by atoms with E-state index in [4.69, 9.17) is 14.2 Å². The van der Waals surface area contributed by atoms with Gasteiger partial charge in [-0.1, -0.05) is 345 Å². The Labute approximate surface area is 491 Å². The van der Waals surface area contributed by atoms with Crippen molar-refractivity contribution in [2.24, 2.45) is 0 Å². The highest BCUT2D eigenvalue weighted by Crippen LogP contribution is 2.18. The van der Waals surface area contributed by atoms with Crippen LogP contribution in [0.4, 0.5) is 0 Å². The zero-order valence-corrected chi connectivity index (χ0v) is 52.9. The molecule has 0 fully saturated rings. The Kier molecular flexibility index (Phi) is 65.1. The van der Waals surface area contributed by atoms with E-state index in [0.717, 1.165) is 96.3 Å². The lowest BCUT2D eigenvalue weighted by atomic mass is 10.0. The molecule has 0 aliphatic carbocycles. The fraction of sp³-hybridized carbons (Fsp3) is 0.822. The maximum atomic E-state index is 12.9. The first-order valence-corrected chi connectivity index (χ1v) is 34.8. The molecule has 0 aliphatic heterocycles. The zero-order chi connectivity index (χ0) is 57.1. The van der Waals surface area contributed by atoms with Crippen LogP contribution in [0.3, 0.4) is 0 Å². The third-order valence-corrected chi connectivity index (χ3v) is 15.5. The van der Waals surface area contributed by atoms with Gasteiger partial charge in [-0.3, -0.25) is 14.4 Å². The van der Waals surface area contributed by atoms with Crippen molar-refractivity contribution >= 4 is 17.9 Å². The molecule has 0 aromatic heterocycles. The lowest BCUT2D eigenvalue weighted by Gasteiger charge is -2.18. The first-order chi connectivity index (χ1) is 39.0. The molecule has 0 spiro atoms. The summed E-state index contributed by atoms with van der Waals surface area (Å²) >= 11 is 0. The van der Waals surface area contributed by atoms with Gasteiger partial charge < -0.3 is 14.2 Å². The van der Waals surface area contributed by atoms with Gasteiger partial charge in [-0.05, 0) is 64.2 Å². The summed E-state index contributed by atoms with van der Waals surface area (Å²) in [6.45, 7) is 6.54. The van der Waals surface area contributed by atoms with Crippen LogP contribution >= 0.6 is 0 Å². The maximum absolute atomic E-state index is 12.9. The van der Waals surface area contributed by atoms with Crippen molar-refractivity contribution in [2.75, 3.05) is 13.2 Å². The standard InChI is InChI=1S/C73H132O6/c1-4-7-10-13-16-19-22-24-26-28-30-31-32-33-34-35-36-37-38-39-40-41-42-44-45-47-49-51-54-57-60-63-66-72(75)78-69-70(68-77-71(74)65-62-59-56-53-21-18-15-12-9-6-3)79-73(76)67-64-61-58-55-52-50-48-46-43-29-27-25-23-20-17-14-11-8-5-2/h8,11,17,20,25,27,43,46,50,52,70H,4-7,9-10,12-16,18-19,21-24,26,28-42,44-45,47-49,51,53-69H2,1-3H3/b11-8-,20-17-,27-25-,46-43-,52-50-. The first kappa shape index (κ1) is 76.1. The van der Waals surface area contributed by atoms with Gasteiger partial charge in [-0.25, -0.2) is 0 Å². The summed E-state index contributed by atoms with van der Waals surface area (Å²) < 4.78 is 16.9. The van der Waals surface area contributed by atoms with Crippen LogP contribution in [0.2, 0.25) is 0 Å². The van der Waals surface area contributed by atoms with Gasteiger partial charge in [-0.15, -0.1) is 0 Å². The smallest absolute Gasteiger partial charge is 0.306 e. The van der Waals surface area contributed by atoms with Gasteiger partial charge in [0.2, 0.25) is 0 Å². The lowest BCUT2D eigenvalue weighted by Crippen LogP contribution is -2.30. The average Bonchev–Trinajstić information content (AvgIpc) is 3.45. The van der Waals surface area contributed by atoms with Crippen molar-refractivity contribution < 1.29 is 28.6 Å². The van der Waals surface area contributed by atoms with Crippen LogP contribution in [0.1, 0.15) is 367 Å². The van der Waals surface area contributed by atoms with E-state index in [1.165, 1.54) is 231 Å². The number of ether oxygens (including phenoxy) is 3. The molecule has 0 aromatic rings. The van der Waals surface area contributed by atoms with Crippen molar-refractivity contribution in [3.63, 3.8) is 0 Å². The molecule has 1 unspecified atom stereocenters. The number of esters is 3. The summed E-state index contributed by atoms with van der Waals surface area (Å²) in [6.07, 6.45) is 87.1. The molecule has 0 saturated carbocycles. The van der Waals surface area contributed by atoms with Crippen LogP contribution in [0, 0.1) is 0 Å². The second kappa shape index (κ2) is 67.6. The van der Waals surface area contributed by atoms with Crippen molar-refractivity contribution in [3.05, 3.63) is 60.8 Å². The van der Waals surface area contributed by atoms with Gasteiger partial charge >= 0.3 is 17.9 Å². The quantitative estimate of drug-likeness (QED) is 0.0261. The average molecular weight is 1110 g/mol. The van der Waals surface area contributed by atoms with Crippen LogP contribution in [-0.2, 0) is 28.6 Å². The van der Waals surface area contributed by atoms with Crippen LogP contribution in [-0.4, -0.2) is 37.2 Å². The Balaban J connectivity index is 4.11. The molecule has 0 N–H and O–H groups in total. The molecule has 0 amide bonds. The van der Waals surface area contributed by atoms with Gasteiger partial charge in [0, 0.05) is 19.3 Å². The Morgan fingerprint density at radius 2 is 0.494 bits per heavy atom. The summed E-state index contributed by atoms with van der Waals surface area (Å²) in [5, 5.41) is 0. The van der Waals surface area contributed by atoms with E-state index in [-0.39, 0.29) is 31.1 Å². The molecule has 0 bridgehead atoms. The fourth-order valence-electron chi connectivity index (χ4n) is 10.4. The van der Waals surface area contributed by atoms with E-state index in [1.54, 1.807) is 0 Å². The van der Waals surface area contributed by atoms with E-state index in [1.807, 2.05) is 0 Å². The van der Waals surface area contributed by atoms with E-state index < -0.39 is 6.10 Å². The monoisotopic (exact) mass is 1110 g/mol. The third-order valence-electron chi connectivity index (χ3n) is 15.5. The second-order valence-corrected chi connectivity index (χ2v) is 23.4. The summed E-state index contributed by atoms with van der Waals surface area (Å²) in [6, 6.07) is 0. The largest absolute Gasteiger partial charge is 0.462 e. The fourth-order valence-corrected chi connectivity index (χ4v) is 10.4. The Hall–Kier alpha value is -2.89. The normalized spacial score (nSPS) is 12.4. The Morgan fingerprint density at radius 3 is 0.772 bits per heavy atom. The zero-order valence-electron chi connectivity index (χ0n) is 52.9. The third kappa shape index (κ3) is 65.8. The highest BCUT2D eigenvalue weighted by Gasteiger charge is 2.19. The van der Waals surface area contributed by atoms with Crippen LogP contribution in [0.25, 0.3) is 0 Å². The molecule has 79 heavy (non-hydrogen) atoms. The van der Waals surface area contributed by atoms with Crippen LogP contribution in [0.15, 0.2) is 60.8 Å². The van der Waals surface area contributed by atoms with Crippen LogP contribution < -0.4 is 0 Å². The molecule has 0 rings (SSSR count). The molecule has 0 aromatic carbocycles. The molecular weight excluding hydrogens is 973 g/mol. The molecule has 0 saturated heterocycles. The maximum Gasteiger partial charge on any atom is 0.306 e. The van der Waals surface area contributed by atoms with Gasteiger partial charge in [-0.2, -0.15) is 0 Å². The lowest BCUT2D eigenvalue weighted by molar-refractivity contribution is -0.167. The molecule has 1 atom stereocenters. The topological polar surface area (TPSA) is 78.9 Å². The highest BCUT2D eigenvalue weighted by molar-refractivity contribution is 5.71. The predicted molar refractivity (Wildman–Crippen MR) is 344 cm³/mol. The van der Waals surface area contributed by atoms with Crippen molar-refractivity contribution in [2.45, 2.75) is 374 Å².